The summed E-state index contributed by atoms with van der Waals surface area (Å²) in [5.74, 6) is -0.602. The first kappa shape index (κ1) is 17.2. The summed E-state index contributed by atoms with van der Waals surface area (Å²) in [6.07, 6.45) is 1.35. The highest BCUT2D eigenvalue weighted by atomic mass is 32.2. The lowest BCUT2D eigenvalue weighted by atomic mass is 10.2. The molecule has 3 aromatic rings. The summed E-state index contributed by atoms with van der Waals surface area (Å²) in [6, 6.07) is 6.01. The van der Waals surface area contributed by atoms with Gasteiger partial charge in [0.05, 0.1) is 18.4 Å². The first-order valence-electron chi connectivity index (χ1n) is 8.02. The van der Waals surface area contributed by atoms with E-state index in [0.29, 0.717) is 0 Å². The summed E-state index contributed by atoms with van der Waals surface area (Å²) in [6.45, 7) is -0.129. The Bertz CT molecular complexity index is 1330. The second kappa shape index (κ2) is 5.64. The maximum absolute atomic E-state index is 12.6. The van der Waals surface area contributed by atoms with Crippen LogP contribution in [0.3, 0.4) is 0 Å². The Morgan fingerprint density at radius 2 is 1.70 bits per heavy atom. The molecule has 0 fully saturated rings. The average Bonchev–Trinajstić information content (AvgIpc) is 3.15. The van der Waals surface area contributed by atoms with E-state index in [9.17, 15) is 22.8 Å². The lowest BCUT2D eigenvalue weighted by Gasteiger charge is -2.15. The number of amides is 1. The SMILES string of the molecule is Cn1c(=O)c2c(ncn2CCN2C(=O)c3ccccc3S2(=O)=O)n(C)c1=O. The number of aryl methyl sites for hydroxylation is 1. The molecule has 0 unspecified atom stereocenters. The molecular formula is C16H15N5O5S. The van der Waals surface area contributed by atoms with Gasteiger partial charge in [0.15, 0.2) is 11.2 Å². The second-order valence-corrected chi connectivity index (χ2v) is 8.03. The van der Waals surface area contributed by atoms with E-state index in [-0.39, 0.29) is 34.7 Å². The molecule has 3 heterocycles. The van der Waals surface area contributed by atoms with Crippen molar-refractivity contribution in [2.75, 3.05) is 6.54 Å². The Labute approximate surface area is 152 Å². The van der Waals surface area contributed by atoms with Crippen LogP contribution in [0.4, 0.5) is 0 Å². The van der Waals surface area contributed by atoms with Crippen LogP contribution in [0.25, 0.3) is 11.2 Å². The summed E-state index contributed by atoms with van der Waals surface area (Å²) in [4.78, 5) is 40.9. The highest BCUT2D eigenvalue weighted by Crippen LogP contribution is 2.29. The van der Waals surface area contributed by atoms with Crippen LogP contribution in [-0.4, -0.2) is 43.9 Å². The molecule has 1 aliphatic rings. The number of rotatable bonds is 3. The van der Waals surface area contributed by atoms with Crippen molar-refractivity contribution in [1.82, 2.24) is 23.0 Å². The van der Waals surface area contributed by atoms with Crippen molar-refractivity contribution in [3.63, 3.8) is 0 Å². The van der Waals surface area contributed by atoms with Crippen LogP contribution in [0.1, 0.15) is 10.4 Å². The molecule has 2 aromatic heterocycles. The number of fused-ring (bicyclic) bond motifs is 2. The molecule has 0 saturated heterocycles. The zero-order valence-corrected chi connectivity index (χ0v) is 15.3. The molecule has 1 aromatic carbocycles. The van der Waals surface area contributed by atoms with E-state index in [2.05, 4.69) is 4.98 Å². The van der Waals surface area contributed by atoms with Gasteiger partial charge in [0.25, 0.3) is 21.5 Å². The van der Waals surface area contributed by atoms with Crippen molar-refractivity contribution < 1.29 is 13.2 Å². The lowest BCUT2D eigenvalue weighted by molar-refractivity contribution is 0.0868. The third-order valence-electron chi connectivity index (χ3n) is 4.67. The van der Waals surface area contributed by atoms with Gasteiger partial charge in [-0.3, -0.25) is 18.7 Å². The van der Waals surface area contributed by atoms with Gasteiger partial charge >= 0.3 is 5.69 Å². The van der Waals surface area contributed by atoms with E-state index in [1.165, 1.54) is 41.7 Å². The predicted molar refractivity (Wildman–Crippen MR) is 94.9 cm³/mol. The fourth-order valence-electron chi connectivity index (χ4n) is 3.22. The van der Waals surface area contributed by atoms with E-state index in [4.69, 9.17) is 0 Å². The molecule has 0 saturated carbocycles. The number of nitrogens with zero attached hydrogens (tertiary/aromatic N) is 5. The fraction of sp³-hybridized carbons (Fsp3) is 0.250. The van der Waals surface area contributed by atoms with E-state index < -0.39 is 27.2 Å². The molecule has 140 valence electrons. The minimum Gasteiger partial charge on any atom is -0.323 e. The van der Waals surface area contributed by atoms with E-state index in [1.807, 2.05) is 0 Å². The first-order valence-corrected chi connectivity index (χ1v) is 9.46. The monoisotopic (exact) mass is 389 g/mol. The molecule has 27 heavy (non-hydrogen) atoms. The summed E-state index contributed by atoms with van der Waals surface area (Å²) in [5, 5.41) is 0. The van der Waals surface area contributed by atoms with Gasteiger partial charge in [-0.25, -0.2) is 22.5 Å². The predicted octanol–water partition coefficient (Wildman–Crippen LogP) is -0.722. The number of carbonyl (C=O) groups excluding carboxylic acids is 1. The fourth-order valence-corrected chi connectivity index (χ4v) is 4.78. The first-order chi connectivity index (χ1) is 12.7. The number of hydrogen-bond donors (Lipinski definition) is 0. The van der Waals surface area contributed by atoms with Gasteiger partial charge in [-0.05, 0) is 12.1 Å². The number of hydrogen-bond acceptors (Lipinski definition) is 6. The minimum atomic E-state index is -3.92. The summed E-state index contributed by atoms with van der Waals surface area (Å²) >= 11 is 0. The zero-order valence-electron chi connectivity index (χ0n) is 14.5. The Kier molecular flexibility index (Phi) is 3.60. The van der Waals surface area contributed by atoms with Crippen LogP contribution in [0.5, 0.6) is 0 Å². The third kappa shape index (κ3) is 2.28. The number of carbonyl (C=O) groups is 1. The lowest BCUT2D eigenvalue weighted by Crippen LogP contribution is -2.38. The zero-order chi connectivity index (χ0) is 19.5. The topological polar surface area (TPSA) is 116 Å². The summed E-state index contributed by atoms with van der Waals surface area (Å²) in [5.41, 5.74) is -0.551. The molecule has 0 aliphatic carbocycles. The standard InChI is InChI=1S/C16H15N5O5S/c1-18-13-12(15(23)19(2)16(18)24)20(9-17-13)7-8-21-14(22)10-5-3-4-6-11(10)27(21,25)26/h3-6,9H,7-8H2,1-2H3. The number of sulfonamides is 1. The van der Waals surface area contributed by atoms with Crippen molar-refractivity contribution in [2.45, 2.75) is 11.4 Å². The van der Waals surface area contributed by atoms with E-state index in [1.54, 1.807) is 12.1 Å². The highest BCUT2D eigenvalue weighted by Gasteiger charge is 2.40. The second-order valence-electron chi connectivity index (χ2n) is 6.19. The van der Waals surface area contributed by atoms with Gasteiger partial charge in [0, 0.05) is 20.6 Å². The quantitative estimate of drug-likeness (QED) is 0.584. The Hall–Kier alpha value is -3.21. The maximum atomic E-state index is 12.6. The number of aromatic nitrogens is 4. The van der Waals surface area contributed by atoms with Crippen molar-refractivity contribution >= 4 is 27.1 Å². The normalized spacial score (nSPS) is 15.5. The van der Waals surface area contributed by atoms with Crippen molar-refractivity contribution in [3.8, 4) is 0 Å². The molecule has 10 nitrogen and oxygen atoms in total. The van der Waals surface area contributed by atoms with Gasteiger partial charge in [-0.1, -0.05) is 12.1 Å². The van der Waals surface area contributed by atoms with Gasteiger partial charge in [-0.2, -0.15) is 0 Å². The third-order valence-corrected chi connectivity index (χ3v) is 6.51. The van der Waals surface area contributed by atoms with Crippen LogP contribution >= 0.6 is 0 Å². The molecule has 11 heteroatoms. The van der Waals surface area contributed by atoms with E-state index >= 15 is 0 Å². The number of benzene rings is 1. The summed E-state index contributed by atoms with van der Waals surface area (Å²) < 4.78 is 29.6. The van der Waals surface area contributed by atoms with Gasteiger partial charge in [-0.15, -0.1) is 0 Å². The smallest absolute Gasteiger partial charge is 0.323 e. The Morgan fingerprint density at radius 3 is 2.41 bits per heavy atom. The molecule has 0 spiro atoms. The summed E-state index contributed by atoms with van der Waals surface area (Å²) in [7, 11) is -1.08. The minimum absolute atomic E-state index is 0.0243. The van der Waals surface area contributed by atoms with Crippen LogP contribution in [0.2, 0.25) is 0 Å². The van der Waals surface area contributed by atoms with Crippen LogP contribution < -0.4 is 11.2 Å². The Balaban J connectivity index is 1.73. The molecule has 0 bridgehead atoms. The van der Waals surface area contributed by atoms with Crippen LogP contribution in [0.15, 0.2) is 45.1 Å². The molecule has 0 radical (unpaired) electrons. The molecule has 0 atom stereocenters. The van der Waals surface area contributed by atoms with Crippen LogP contribution in [0, 0.1) is 0 Å². The maximum Gasteiger partial charge on any atom is 0.332 e. The molecule has 1 aliphatic heterocycles. The van der Waals surface area contributed by atoms with Crippen molar-refractivity contribution in [1.29, 1.82) is 0 Å². The Morgan fingerprint density at radius 1 is 1.00 bits per heavy atom. The number of imidazole rings is 1. The van der Waals surface area contributed by atoms with Crippen molar-refractivity contribution in [3.05, 3.63) is 57.0 Å². The molecule has 0 N–H and O–H groups in total. The molecular weight excluding hydrogens is 374 g/mol. The van der Waals surface area contributed by atoms with E-state index in [0.717, 1.165) is 8.87 Å². The molecule has 4 rings (SSSR count). The molecule has 1 amide bonds. The van der Waals surface area contributed by atoms with Crippen LogP contribution in [-0.2, 0) is 30.7 Å². The van der Waals surface area contributed by atoms with Gasteiger partial charge in [0.1, 0.15) is 4.90 Å². The highest BCUT2D eigenvalue weighted by molar-refractivity contribution is 7.90. The average molecular weight is 389 g/mol. The van der Waals surface area contributed by atoms with Gasteiger partial charge < -0.3 is 4.57 Å². The largest absolute Gasteiger partial charge is 0.332 e. The van der Waals surface area contributed by atoms with Gasteiger partial charge in [0.2, 0.25) is 0 Å². The van der Waals surface area contributed by atoms with Crippen molar-refractivity contribution in [2.24, 2.45) is 14.1 Å².